The predicted molar refractivity (Wildman–Crippen MR) is 104 cm³/mol. The van der Waals surface area contributed by atoms with Crippen molar-refractivity contribution in [2.45, 2.75) is 4.90 Å². The molecule has 26 heavy (non-hydrogen) atoms. The number of para-hydroxylation sites is 1. The van der Waals surface area contributed by atoms with Gasteiger partial charge in [0.15, 0.2) is 0 Å². The van der Waals surface area contributed by atoms with Crippen LogP contribution in [0, 0.1) is 0 Å². The van der Waals surface area contributed by atoms with Crippen molar-refractivity contribution in [3.63, 3.8) is 0 Å². The van der Waals surface area contributed by atoms with E-state index in [9.17, 15) is 13.5 Å². The molecule has 0 fully saturated rings. The maximum Gasteiger partial charge on any atom is 0.261 e. The molecule has 2 N–H and O–H groups in total. The van der Waals surface area contributed by atoms with Gasteiger partial charge in [0.25, 0.3) is 10.0 Å². The lowest BCUT2D eigenvalue weighted by Crippen LogP contribution is -2.12. The Balaban J connectivity index is 1.73. The molecule has 0 saturated carbocycles. The molecule has 1 heterocycles. The molecule has 4 rings (SSSR count). The molecule has 0 aliphatic rings. The van der Waals surface area contributed by atoms with Crippen LogP contribution in [0.5, 0.6) is 5.75 Å². The molecule has 0 atom stereocenters. The molecule has 4 aromatic rings. The Morgan fingerprint density at radius 3 is 2.42 bits per heavy atom. The summed E-state index contributed by atoms with van der Waals surface area (Å²) in [5.74, 6) is 0.0479. The van der Waals surface area contributed by atoms with Crippen LogP contribution in [0.2, 0.25) is 0 Å². The maximum absolute atomic E-state index is 12.5. The predicted octanol–water partition coefficient (Wildman–Crippen LogP) is 4.47. The monoisotopic (exact) mass is 382 g/mol. The van der Waals surface area contributed by atoms with Crippen LogP contribution in [0.15, 0.2) is 77.7 Å². The number of phenolic OH excluding ortho intramolecular Hbond substituents is 1. The fourth-order valence-electron chi connectivity index (χ4n) is 2.57. The Bertz CT molecular complexity index is 1150. The van der Waals surface area contributed by atoms with E-state index in [0.29, 0.717) is 16.3 Å². The Morgan fingerprint density at radius 2 is 1.65 bits per heavy atom. The van der Waals surface area contributed by atoms with E-state index >= 15 is 0 Å². The Morgan fingerprint density at radius 1 is 0.923 bits per heavy atom. The van der Waals surface area contributed by atoms with E-state index in [1.165, 1.54) is 35.6 Å². The highest BCUT2D eigenvalue weighted by molar-refractivity contribution is 7.92. The molecular weight excluding hydrogens is 368 g/mol. The number of nitrogens with zero attached hydrogens (tertiary/aromatic N) is 1. The second-order valence-corrected chi connectivity index (χ2v) is 8.35. The second kappa shape index (κ2) is 6.44. The Hall–Kier alpha value is -2.90. The summed E-state index contributed by atoms with van der Waals surface area (Å²) in [7, 11) is -3.70. The van der Waals surface area contributed by atoms with Crippen molar-refractivity contribution in [1.82, 2.24) is 4.98 Å². The fraction of sp³-hybridized carbons (Fsp3) is 0. The summed E-state index contributed by atoms with van der Waals surface area (Å²) in [6.07, 6.45) is 0. The molecule has 3 aromatic carbocycles. The molecule has 7 heteroatoms. The minimum absolute atomic E-state index is 0.0479. The van der Waals surface area contributed by atoms with Crippen LogP contribution in [0.25, 0.3) is 20.8 Å². The van der Waals surface area contributed by atoms with Gasteiger partial charge in [0.05, 0.1) is 20.7 Å². The molecule has 0 unspecified atom stereocenters. The van der Waals surface area contributed by atoms with Gasteiger partial charge in [-0.3, -0.25) is 4.72 Å². The largest absolute Gasteiger partial charge is 0.507 e. The van der Waals surface area contributed by atoms with Gasteiger partial charge in [-0.15, -0.1) is 11.3 Å². The van der Waals surface area contributed by atoms with Gasteiger partial charge in [-0.25, -0.2) is 13.4 Å². The summed E-state index contributed by atoms with van der Waals surface area (Å²) in [4.78, 5) is 4.70. The summed E-state index contributed by atoms with van der Waals surface area (Å²) < 4.78 is 28.5. The van der Waals surface area contributed by atoms with E-state index < -0.39 is 10.0 Å². The van der Waals surface area contributed by atoms with Crippen LogP contribution in [-0.2, 0) is 10.0 Å². The summed E-state index contributed by atoms with van der Waals surface area (Å²) in [5.41, 5.74) is 1.68. The highest BCUT2D eigenvalue weighted by atomic mass is 32.2. The molecule has 0 bridgehead atoms. The van der Waals surface area contributed by atoms with E-state index in [1.54, 1.807) is 24.3 Å². The molecule has 0 aliphatic heterocycles. The number of fused-ring (bicyclic) bond motifs is 1. The van der Waals surface area contributed by atoms with Gasteiger partial charge in [-0.05, 0) is 42.5 Å². The smallest absolute Gasteiger partial charge is 0.261 e. The molecule has 130 valence electrons. The van der Waals surface area contributed by atoms with E-state index in [2.05, 4.69) is 9.71 Å². The Labute approximate surface area is 154 Å². The number of hydrogen-bond acceptors (Lipinski definition) is 5. The van der Waals surface area contributed by atoms with E-state index in [-0.39, 0.29) is 10.6 Å². The quantitative estimate of drug-likeness (QED) is 0.511. The number of sulfonamides is 1. The zero-order chi connectivity index (χ0) is 18.1. The van der Waals surface area contributed by atoms with Crippen LogP contribution in [0.3, 0.4) is 0 Å². The van der Waals surface area contributed by atoms with Crippen molar-refractivity contribution in [3.05, 3.63) is 72.8 Å². The zero-order valence-corrected chi connectivity index (χ0v) is 15.1. The third-order valence-corrected chi connectivity index (χ3v) is 6.29. The third-order valence-electron chi connectivity index (χ3n) is 3.83. The van der Waals surface area contributed by atoms with Gasteiger partial charge < -0.3 is 5.11 Å². The van der Waals surface area contributed by atoms with Crippen LogP contribution in [-0.4, -0.2) is 18.5 Å². The number of benzene rings is 3. The van der Waals surface area contributed by atoms with Gasteiger partial charge in [0.2, 0.25) is 0 Å². The minimum atomic E-state index is -3.70. The first-order valence-corrected chi connectivity index (χ1v) is 10.1. The average molecular weight is 382 g/mol. The second-order valence-electron chi connectivity index (χ2n) is 5.64. The topological polar surface area (TPSA) is 79.3 Å². The molecule has 5 nitrogen and oxygen atoms in total. The van der Waals surface area contributed by atoms with Crippen LogP contribution in [0.4, 0.5) is 5.69 Å². The van der Waals surface area contributed by atoms with Crippen LogP contribution in [0.1, 0.15) is 0 Å². The lowest BCUT2D eigenvalue weighted by Gasteiger charge is -2.10. The summed E-state index contributed by atoms with van der Waals surface area (Å²) >= 11 is 1.44. The maximum atomic E-state index is 12.5. The molecule has 1 aromatic heterocycles. The molecule has 0 saturated heterocycles. The molecule has 0 aliphatic carbocycles. The number of nitrogens with one attached hydrogen (secondary N) is 1. The molecular formula is C19H14N2O3S2. The first kappa shape index (κ1) is 16.6. The zero-order valence-electron chi connectivity index (χ0n) is 13.5. The molecule has 0 radical (unpaired) electrons. The molecule has 0 amide bonds. The van der Waals surface area contributed by atoms with Crippen molar-refractivity contribution in [1.29, 1.82) is 0 Å². The summed E-state index contributed by atoms with van der Waals surface area (Å²) in [6, 6.07) is 20.4. The van der Waals surface area contributed by atoms with Crippen molar-refractivity contribution in [2.75, 3.05) is 4.72 Å². The molecule has 0 spiro atoms. The van der Waals surface area contributed by atoms with Gasteiger partial charge in [0, 0.05) is 5.69 Å². The number of hydrogen-bond donors (Lipinski definition) is 2. The van der Waals surface area contributed by atoms with Crippen molar-refractivity contribution < 1.29 is 13.5 Å². The SMILES string of the molecule is O=S(=O)(Nc1ccc(O)c(-c2nc3ccccc3s2)c1)c1ccccc1. The van der Waals surface area contributed by atoms with Crippen molar-refractivity contribution in [3.8, 4) is 16.3 Å². The van der Waals surface area contributed by atoms with Crippen molar-refractivity contribution in [2.24, 2.45) is 0 Å². The highest BCUT2D eigenvalue weighted by Gasteiger charge is 2.16. The van der Waals surface area contributed by atoms with Crippen LogP contribution >= 0.6 is 11.3 Å². The number of thiazole rings is 1. The normalized spacial score (nSPS) is 11.5. The van der Waals surface area contributed by atoms with Gasteiger partial charge in [-0.1, -0.05) is 30.3 Å². The minimum Gasteiger partial charge on any atom is -0.507 e. The number of anilines is 1. The number of rotatable bonds is 4. The third kappa shape index (κ3) is 3.14. The number of aromatic hydroxyl groups is 1. The van der Waals surface area contributed by atoms with Gasteiger partial charge >= 0.3 is 0 Å². The highest BCUT2D eigenvalue weighted by Crippen LogP contribution is 2.37. The first-order valence-electron chi connectivity index (χ1n) is 7.80. The van der Waals surface area contributed by atoms with Gasteiger partial charge in [0.1, 0.15) is 10.8 Å². The van der Waals surface area contributed by atoms with Crippen molar-refractivity contribution >= 4 is 37.3 Å². The lowest BCUT2D eigenvalue weighted by molar-refractivity contribution is 0.477. The number of phenols is 1. The summed E-state index contributed by atoms with van der Waals surface area (Å²) in [6.45, 7) is 0. The standard InChI is InChI=1S/C19H14N2O3S2/c22-17-11-10-13(21-26(23,24)14-6-2-1-3-7-14)12-15(17)19-20-16-8-4-5-9-18(16)25-19/h1-12,21-22H. The lowest BCUT2D eigenvalue weighted by atomic mass is 10.2. The van der Waals surface area contributed by atoms with E-state index in [4.69, 9.17) is 0 Å². The summed E-state index contributed by atoms with van der Waals surface area (Å²) in [5, 5.41) is 10.8. The Kier molecular flexibility index (Phi) is 4.10. The first-order chi connectivity index (χ1) is 12.5. The fourth-order valence-corrected chi connectivity index (χ4v) is 4.63. The van der Waals surface area contributed by atoms with Crippen LogP contribution < -0.4 is 4.72 Å². The number of aromatic nitrogens is 1. The van der Waals surface area contributed by atoms with E-state index in [1.807, 2.05) is 24.3 Å². The van der Waals surface area contributed by atoms with Gasteiger partial charge in [-0.2, -0.15) is 0 Å². The van der Waals surface area contributed by atoms with E-state index in [0.717, 1.165) is 10.2 Å². The average Bonchev–Trinajstić information content (AvgIpc) is 3.08.